The van der Waals surface area contributed by atoms with Gasteiger partial charge in [0.2, 0.25) is 0 Å². The first-order valence-corrected chi connectivity index (χ1v) is 9.48. The van der Waals surface area contributed by atoms with Crippen molar-refractivity contribution in [3.05, 3.63) is 95.0 Å². The number of Topliss-reactive ketones (excluding diaryl/α,β-unsaturated/α-hetero) is 1. The zero-order valence-corrected chi connectivity index (χ0v) is 16.4. The molecule has 0 radical (unpaired) electrons. The first kappa shape index (κ1) is 18.8. The normalized spacial score (nSPS) is 10.7. The summed E-state index contributed by atoms with van der Waals surface area (Å²) in [5, 5.41) is 4.19. The lowest BCUT2D eigenvalue weighted by atomic mass is 10.0. The number of benzene rings is 3. The number of hydrogen-bond donors (Lipinski definition) is 1. The number of ketones is 1. The van der Waals surface area contributed by atoms with Gasteiger partial charge in [0, 0.05) is 27.2 Å². The number of halogens is 1. The van der Waals surface area contributed by atoms with Crippen molar-refractivity contribution in [1.82, 2.24) is 4.98 Å². The second-order valence-electron chi connectivity index (χ2n) is 6.64. The molecule has 1 N–H and O–H groups in total. The van der Waals surface area contributed by atoms with Crippen molar-refractivity contribution in [3.63, 3.8) is 0 Å². The zero-order chi connectivity index (χ0) is 20.4. The van der Waals surface area contributed by atoms with Crippen LogP contribution in [0.1, 0.15) is 27.6 Å². The summed E-state index contributed by atoms with van der Waals surface area (Å²) in [6.45, 7) is 1.49. The van der Waals surface area contributed by atoms with E-state index in [1.807, 2.05) is 42.5 Å². The van der Waals surface area contributed by atoms with E-state index < -0.39 is 0 Å². The summed E-state index contributed by atoms with van der Waals surface area (Å²) in [5.41, 5.74) is 3.66. The number of para-hydroxylation sites is 1. The van der Waals surface area contributed by atoms with Crippen LogP contribution in [0.25, 0.3) is 22.2 Å². The molecule has 0 spiro atoms. The van der Waals surface area contributed by atoms with E-state index in [-0.39, 0.29) is 11.7 Å². The number of nitrogens with zero attached hydrogens (tertiary/aromatic N) is 1. The first-order valence-electron chi connectivity index (χ1n) is 9.10. The van der Waals surface area contributed by atoms with Crippen LogP contribution in [0.5, 0.6) is 0 Å². The van der Waals surface area contributed by atoms with Gasteiger partial charge in [0.1, 0.15) is 0 Å². The highest BCUT2D eigenvalue weighted by Crippen LogP contribution is 2.30. The lowest BCUT2D eigenvalue weighted by molar-refractivity contribution is 0.101. The fourth-order valence-electron chi connectivity index (χ4n) is 3.18. The molecule has 0 aliphatic carbocycles. The van der Waals surface area contributed by atoms with Gasteiger partial charge in [-0.3, -0.25) is 9.59 Å². The van der Waals surface area contributed by atoms with Crippen molar-refractivity contribution in [2.45, 2.75) is 6.92 Å². The van der Waals surface area contributed by atoms with Crippen LogP contribution < -0.4 is 5.32 Å². The van der Waals surface area contributed by atoms with Gasteiger partial charge in [-0.25, -0.2) is 4.98 Å². The Bertz CT molecular complexity index is 1250. The molecule has 29 heavy (non-hydrogen) atoms. The molecule has 0 unspecified atom stereocenters. The number of hydrogen-bond acceptors (Lipinski definition) is 3. The van der Waals surface area contributed by atoms with Gasteiger partial charge < -0.3 is 5.32 Å². The van der Waals surface area contributed by atoms with Crippen LogP contribution in [0.15, 0.2) is 78.9 Å². The Hall–Kier alpha value is -3.50. The quantitative estimate of drug-likeness (QED) is 0.427. The molecule has 1 aromatic heterocycles. The van der Waals surface area contributed by atoms with Gasteiger partial charge in [0.15, 0.2) is 5.78 Å². The maximum absolute atomic E-state index is 13.1. The average Bonchev–Trinajstić information content (AvgIpc) is 2.73. The highest BCUT2D eigenvalue weighted by atomic mass is 35.5. The minimum Gasteiger partial charge on any atom is -0.322 e. The third-order valence-electron chi connectivity index (χ3n) is 4.64. The number of carbonyl (C=O) groups excluding carboxylic acids is 2. The molecule has 3 aromatic carbocycles. The number of rotatable bonds is 4. The molecule has 142 valence electrons. The van der Waals surface area contributed by atoms with E-state index in [0.717, 1.165) is 10.9 Å². The van der Waals surface area contributed by atoms with Crippen molar-refractivity contribution in [2.24, 2.45) is 0 Å². The first-order chi connectivity index (χ1) is 14.0. The van der Waals surface area contributed by atoms with Crippen LogP contribution in [-0.2, 0) is 0 Å². The van der Waals surface area contributed by atoms with Gasteiger partial charge in [0.05, 0.1) is 16.8 Å². The van der Waals surface area contributed by atoms with Gasteiger partial charge in [0.25, 0.3) is 5.91 Å². The Kier molecular flexibility index (Phi) is 5.10. The number of fused-ring (bicyclic) bond motifs is 1. The summed E-state index contributed by atoms with van der Waals surface area (Å²) in [7, 11) is 0. The fourth-order valence-corrected chi connectivity index (χ4v) is 3.42. The molecule has 0 fully saturated rings. The van der Waals surface area contributed by atoms with E-state index in [4.69, 9.17) is 11.6 Å². The predicted octanol–water partition coefficient (Wildman–Crippen LogP) is 6.01. The molecular formula is C24H17ClN2O2. The second kappa shape index (κ2) is 7.86. The van der Waals surface area contributed by atoms with Gasteiger partial charge in [-0.05, 0) is 37.3 Å². The van der Waals surface area contributed by atoms with E-state index in [1.54, 1.807) is 36.4 Å². The topological polar surface area (TPSA) is 59.1 Å². The standard InChI is InChI=1S/C24H17ClN2O2/c1-15(28)16-7-6-8-17(13-16)26-24(29)20-14-23(19-10-2-4-11-21(19)25)27-22-12-5-3-9-18(20)22/h2-14H,1H3,(H,26,29). The number of amides is 1. The molecule has 4 rings (SSSR count). The summed E-state index contributed by atoms with van der Waals surface area (Å²) in [5.74, 6) is -0.339. The Labute approximate surface area is 173 Å². The molecule has 0 bridgehead atoms. The summed E-state index contributed by atoms with van der Waals surface area (Å²) < 4.78 is 0. The lowest BCUT2D eigenvalue weighted by Gasteiger charge is -2.12. The Morgan fingerprint density at radius 1 is 0.897 bits per heavy atom. The van der Waals surface area contributed by atoms with E-state index in [2.05, 4.69) is 10.3 Å². The van der Waals surface area contributed by atoms with Gasteiger partial charge in [-0.15, -0.1) is 0 Å². The lowest BCUT2D eigenvalue weighted by Crippen LogP contribution is -2.13. The molecular weight excluding hydrogens is 384 g/mol. The van der Waals surface area contributed by atoms with Crippen molar-refractivity contribution in [3.8, 4) is 11.3 Å². The molecule has 5 heteroatoms. The summed E-state index contributed by atoms with van der Waals surface area (Å²) >= 11 is 6.35. The van der Waals surface area contributed by atoms with Crippen LogP contribution in [-0.4, -0.2) is 16.7 Å². The molecule has 0 aliphatic heterocycles. The van der Waals surface area contributed by atoms with E-state index in [9.17, 15) is 9.59 Å². The number of pyridine rings is 1. The molecule has 0 atom stereocenters. The van der Waals surface area contributed by atoms with Crippen LogP contribution in [0, 0.1) is 0 Å². The SMILES string of the molecule is CC(=O)c1cccc(NC(=O)c2cc(-c3ccccc3Cl)nc3ccccc23)c1. The van der Waals surface area contributed by atoms with E-state index >= 15 is 0 Å². The minimum atomic E-state index is -0.280. The van der Waals surface area contributed by atoms with Gasteiger partial charge >= 0.3 is 0 Å². The molecule has 4 nitrogen and oxygen atoms in total. The van der Waals surface area contributed by atoms with Crippen LogP contribution in [0.4, 0.5) is 5.69 Å². The Morgan fingerprint density at radius 2 is 1.66 bits per heavy atom. The maximum Gasteiger partial charge on any atom is 0.256 e. The van der Waals surface area contributed by atoms with E-state index in [1.165, 1.54) is 6.92 Å². The second-order valence-corrected chi connectivity index (χ2v) is 7.05. The summed E-state index contributed by atoms with van der Waals surface area (Å²) in [6, 6.07) is 23.5. The molecule has 1 amide bonds. The molecule has 1 heterocycles. The van der Waals surface area contributed by atoms with Gasteiger partial charge in [-0.2, -0.15) is 0 Å². The van der Waals surface area contributed by atoms with Crippen molar-refractivity contribution in [2.75, 3.05) is 5.32 Å². The predicted molar refractivity (Wildman–Crippen MR) is 117 cm³/mol. The van der Waals surface area contributed by atoms with Crippen molar-refractivity contribution in [1.29, 1.82) is 0 Å². The summed E-state index contributed by atoms with van der Waals surface area (Å²) in [6.07, 6.45) is 0. The van der Waals surface area contributed by atoms with Crippen LogP contribution >= 0.6 is 11.6 Å². The van der Waals surface area contributed by atoms with Crippen LogP contribution in [0.2, 0.25) is 5.02 Å². The number of nitrogens with one attached hydrogen (secondary N) is 1. The third-order valence-corrected chi connectivity index (χ3v) is 4.97. The minimum absolute atomic E-state index is 0.0588. The van der Waals surface area contributed by atoms with Gasteiger partial charge in [-0.1, -0.05) is 60.1 Å². The fraction of sp³-hybridized carbons (Fsp3) is 0.0417. The average molecular weight is 401 g/mol. The smallest absolute Gasteiger partial charge is 0.256 e. The third kappa shape index (κ3) is 3.89. The highest BCUT2D eigenvalue weighted by Gasteiger charge is 2.15. The molecule has 4 aromatic rings. The summed E-state index contributed by atoms with van der Waals surface area (Å²) in [4.78, 5) is 29.4. The van der Waals surface area contributed by atoms with E-state index in [0.29, 0.717) is 33.0 Å². The van der Waals surface area contributed by atoms with Crippen molar-refractivity contribution >= 4 is 39.9 Å². The van der Waals surface area contributed by atoms with Crippen molar-refractivity contribution < 1.29 is 9.59 Å². The maximum atomic E-state index is 13.1. The largest absolute Gasteiger partial charge is 0.322 e. The number of aromatic nitrogens is 1. The zero-order valence-electron chi connectivity index (χ0n) is 15.6. The molecule has 0 aliphatic rings. The highest BCUT2D eigenvalue weighted by molar-refractivity contribution is 6.33. The number of carbonyl (C=O) groups is 2. The molecule has 0 saturated carbocycles. The number of anilines is 1. The Morgan fingerprint density at radius 3 is 2.45 bits per heavy atom. The monoisotopic (exact) mass is 400 g/mol. The Balaban J connectivity index is 1.80. The van der Waals surface area contributed by atoms with Crippen LogP contribution in [0.3, 0.4) is 0 Å². The molecule has 0 saturated heterocycles.